The van der Waals surface area contributed by atoms with Gasteiger partial charge in [0.1, 0.15) is 0 Å². The molecular weight excluding hydrogens is 270 g/mol. The lowest BCUT2D eigenvalue weighted by atomic mass is 10.2. The Morgan fingerprint density at radius 1 is 1.17 bits per heavy atom. The highest BCUT2D eigenvalue weighted by atomic mass is 35.5. The summed E-state index contributed by atoms with van der Waals surface area (Å²) >= 11 is 5.80. The third-order valence-corrected chi connectivity index (χ3v) is 5.88. The van der Waals surface area contributed by atoms with Crippen LogP contribution in [0.4, 0.5) is 0 Å². The fourth-order valence-corrected chi connectivity index (χ4v) is 4.75. The van der Waals surface area contributed by atoms with Crippen LogP contribution in [0.1, 0.15) is 19.3 Å². The van der Waals surface area contributed by atoms with Crippen LogP contribution in [0.25, 0.3) is 0 Å². The monoisotopic (exact) mass is 283 g/mol. The third-order valence-electron chi connectivity index (χ3n) is 3.64. The van der Waals surface area contributed by atoms with Crippen molar-refractivity contribution in [3.8, 4) is 0 Å². The van der Waals surface area contributed by atoms with Crippen molar-refractivity contribution in [2.45, 2.75) is 36.2 Å². The molecule has 0 spiro atoms. The number of hydrogen-bond donors (Lipinski definition) is 0. The molecule has 1 aromatic carbocycles. The Morgan fingerprint density at radius 3 is 2.56 bits per heavy atom. The van der Waals surface area contributed by atoms with Gasteiger partial charge in [0, 0.05) is 17.1 Å². The second-order valence-electron chi connectivity index (χ2n) is 4.75. The maximum atomic E-state index is 12.6. The van der Waals surface area contributed by atoms with E-state index < -0.39 is 10.0 Å². The molecule has 3 nitrogen and oxygen atoms in total. The highest BCUT2D eigenvalue weighted by Crippen LogP contribution is 2.36. The number of halogens is 1. The zero-order valence-electron chi connectivity index (χ0n) is 9.79. The van der Waals surface area contributed by atoms with E-state index in [0.717, 1.165) is 19.3 Å². The molecule has 0 saturated carbocycles. The van der Waals surface area contributed by atoms with Gasteiger partial charge in [-0.1, -0.05) is 23.8 Å². The van der Waals surface area contributed by atoms with Crippen molar-refractivity contribution < 1.29 is 8.42 Å². The average Bonchev–Trinajstić information content (AvgIpc) is 2.62. The van der Waals surface area contributed by atoms with E-state index in [1.165, 1.54) is 0 Å². The van der Waals surface area contributed by atoms with Gasteiger partial charge in [0.05, 0.1) is 4.90 Å². The minimum Gasteiger partial charge on any atom is -0.207 e. The van der Waals surface area contributed by atoms with Crippen molar-refractivity contribution in [3.63, 3.8) is 0 Å². The Balaban J connectivity index is 2.00. The lowest BCUT2D eigenvalue weighted by Crippen LogP contribution is -2.41. The Labute approximate surface area is 112 Å². The summed E-state index contributed by atoms with van der Waals surface area (Å²) in [5.74, 6) is 0. The molecule has 0 aromatic heterocycles. The zero-order valence-corrected chi connectivity index (χ0v) is 11.4. The van der Waals surface area contributed by atoms with E-state index in [2.05, 4.69) is 6.08 Å². The van der Waals surface area contributed by atoms with Crippen LogP contribution in [0.3, 0.4) is 0 Å². The molecule has 2 atom stereocenters. The molecule has 0 amide bonds. The standard InChI is InChI=1S/C13H14ClNO2S/c14-10-4-8-13(9-5-10)18(16,17)15-11-2-1-3-12(15)7-6-11/h1-2,4-5,8-9,11-12H,3,6-7H2. The Kier molecular flexibility index (Phi) is 2.96. The molecule has 96 valence electrons. The topological polar surface area (TPSA) is 37.4 Å². The van der Waals surface area contributed by atoms with E-state index in [-0.39, 0.29) is 12.1 Å². The summed E-state index contributed by atoms with van der Waals surface area (Å²) in [4.78, 5) is 0.332. The van der Waals surface area contributed by atoms with E-state index in [9.17, 15) is 8.42 Å². The zero-order chi connectivity index (χ0) is 12.8. The maximum Gasteiger partial charge on any atom is 0.243 e. The third kappa shape index (κ3) is 1.88. The smallest absolute Gasteiger partial charge is 0.207 e. The summed E-state index contributed by atoms with van der Waals surface area (Å²) < 4.78 is 26.9. The quantitative estimate of drug-likeness (QED) is 0.783. The number of hydrogen-bond acceptors (Lipinski definition) is 2. The van der Waals surface area contributed by atoms with Crippen LogP contribution >= 0.6 is 11.6 Å². The number of nitrogens with zero attached hydrogens (tertiary/aromatic N) is 1. The van der Waals surface area contributed by atoms with Crippen LogP contribution < -0.4 is 0 Å². The van der Waals surface area contributed by atoms with Gasteiger partial charge in [-0.15, -0.1) is 0 Å². The van der Waals surface area contributed by atoms with Gasteiger partial charge in [-0.2, -0.15) is 4.31 Å². The Bertz CT molecular complexity index is 580. The van der Waals surface area contributed by atoms with Crippen LogP contribution in [0, 0.1) is 0 Å². The molecule has 2 unspecified atom stereocenters. The maximum absolute atomic E-state index is 12.6. The molecule has 3 rings (SSSR count). The molecule has 2 aliphatic heterocycles. The lowest BCUT2D eigenvalue weighted by molar-refractivity contribution is 0.341. The molecule has 0 N–H and O–H groups in total. The number of fused-ring (bicyclic) bond motifs is 2. The van der Waals surface area contributed by atoms with Crippen LogP contribution in [0.15, 0.2) is 41.3 Å². The van der Waals surface area contributed by atoms with Crippen molar-refractivity contribution in [2.75, 3.05) is 0 Å². The normalized spacial score (nSPS) is 27.6. The van der Waals surface area contributed by atoms with Gasteiger partial charge in [-0.25, -0.2) is 8.42 Å². The highest BCUT2D eigenvalue weighted by molar-refractivity contribution is 7.89. The van der Waals surface area contributed by atoms with Gasteiger partial charge in [-0.3, -0.25) is 0 Å². The largest absolute Gasteiger partial charge is 0.243 e. The summed E-state index contributed by atoms with van der Waals surface area (Å²) in [5.41, 5.74) is 0. The van der Waals surface area contributed by atoms with Crippen molar-refractivity contribution in [1.82, 2.24) is 4.31 Å². The summed E-state index contributed by atoms with van der Waals surface area (Å²) in [7, 11) is -3.39. The predicted molar refractivity (Wildman–Crippen MR) is 71.0 cm³/mol. The molecule has 1 aromatic rings. The highest BCUT2D eigenvalue weighted by Gasteiger charge is 2.42. The van der Waals surface area contributed by atoms with E-state index in [4.69, 9.17) is 11.6 Å². The van der Waals surface area contributed by atoms with E-state index in [1.54, 1.807) is 28.6 Å². The SMILES string of the molecule is O=S(=O)(c1ccc(Cl)cc1)N1C2C=CCC1CC2. The van der Waals surface area contributed by atoms with Crippen molar-refractivity contribution in [2.24, 2.45) is 0 Å². The van der Waals surface area contributed by atoms with Gasteiger partial charge in [0.15, 0.2) is 0 Å². The van der Waals surface area contributed by atoms with Gasteiger partial charge >= 0.3 is 0 Å². The molecule has 1 fully saturated rings. The molecule has 5 heteroatoms. The average molecular weight is 284 g/mol. The number of sulfonamides is 1. The molecule has 2 aliphatic rings. The van der Waals surface area contributed by atoms with Crippen molar-refractivity contribution in [1.29, 1.82) is 0 Å². The number of benzene rings is 1. The van der Waals surface area contributed by atoms with Crippen LogP contribution in [0.2, 0.25) is 5.02 Å². The van der Waals surface area contributed by atoms with Crippen molar-refractivity contribution in [3.05, 3.63) is 41.4 Å². The molecule has 18 heavy (non-hydrogen) atoms. The van der Waals surface area contributed by atoms with Crippen LogP contribution in [-0.4, -0.2) is 24.8 Å². The van der Waals surface area contributed by atoms with E-state index in [1.807, 2.05) is 6.08 Å². The first kappa shape index (κ1) is 12.2. The summed E-state index contributed by atoms with van der Waals surface area (Å²) in [6, 6.07) is 6.56. The van der Waals surface area contributed by atoms with E-state index in [0.29, 0.717) is 9.92 Å². The second kappa shape index (κ2) is 4.37. The first-order chi connectivity index (χ1) is 8.59. The van der Waals surface area contributed by atoms with Gasteiger partial charge in [0.25, 0.3) is 0 Å². The van der Waals surface area contributed by atoms with Gasteiger partial charge < -0.3 is 0 Å². The van der Waals surface area contributed by atoms with Crippen molar-refractivity contribution >= 4 is 21.6 Å². The second-order valence-corrected chi connectivity index (χ2v) is 7.03. The molecule has 2 bridgehead atoms. The minimum atomic E-state index is -3.39. The van der Waals surface area contributed by atoms with Crippen LogP contribution in [0.5, 0.6) is 0 Å². The summed E-state index contributed by atoms with van der Waals surface area (Å²) in [5, 5.41) is 0.551. The first-order valence-electron chi connectivity index (χ1n) is 6.05. The predicted octanol–water partition coefficient (Wildman–Crippen LogP) is 2.82. The number of rotatable bonds is 2. The molecule has 2 heterocycles. The molecular formula is C13H14ClNO2S. The minimum absolute atomic E-state index is 0.0319. The molecule has 0 aliphatic carbocycles. The fraction of sp³-hybridized carbons (Fsp3) is 0.385. The van der Waals surface area contributed by atoms with Crippen LogP contribution in [-0.2, 0) is 10.0 Å². The first-order valence-corrected chi connectivity index (χ1v) is 7.86. The molecule has 1 saturated heterocycles. The van der Waals surface area contributed by atoms with E-state index >= 15 is 0 Å². The summed E-state index contributed by atoms with van der Waals surface area (Å²) in [6.45, 7) is 0. The van der Waals surface area contributed by atoms with Gasteiger partial charge in [0.2, 0.25) is 10.0 Å². The lowest BCUT2D eigenvalue weighted by Gasteiger charge is -2.30. The Hall–Kier alpha value is -0.840. The van der Waals surface area contributed by atoms with Gasteiger partial charge in [-0.05, 0) is 43.5 Å². The Morgan fingerprint density at radius 2 is 1.89 bits per heavy atom. The fourth-order valence-electron chi connectivity index (χ4n) is 2.79. The molecule has 0 radical (unpaired) electrons. The summed E-state index contributed by atoms with van der Waals surface area (Å²) in [6.07, 6.45) is 6.80.